The molecule has 4 heteroatoms. The van der Waals surface area contributed by atoms with Crippen molar-refractivity contribution in [3.05, 3.63) is 30.5 Å². The lowest BCUT2D eigenvalue weighted by molar-refractivity contribution is 0.0125. The highest BCUT2D eigenvalue weighted by Crippen LogP contribution is 2.12. The van der Waals surface area contributed by atoms with Crippen LogP contribution in [-0.4, -0.2) is 49.3 Å². The molecular weight excluding hydrogens is 250 g/mol. The highest BCUT2D eigenvalue weighted by atomic mass is 16.5. The van der Waals surface area contributed by atoms with Crippen molar-refractivity contribution >= 4 is 11.9 Å². The average Bonchev–Trinajstić information content (AvgIpc) is 2.49. The van der Waals surface area contributed by atoms with Gasteiger partial charge < -0.3 is 15.0 Å². The summed E-state index contributed by atoms with van der Waals surface area (Å²) in [7, 11) is 2.17. The quantitative estimate of drug-likeness (QED) is 0.776. The van der Waals surface area contributed by atoms with Gasteiger partial charge >= 0.3 is 0 Å². The fourth-order valence-electron chi connectivity index (χ4n) is 2.32. The van der Waals surface area contributed by atoms with Gasteiger partial charge in [0.2, 0.25) is 0 Å². The number of anilines is 1. The minimum Gasteiger partial charge on any atom is -0.378 e. The van der Waals surface area contributed by atoms with E-state index < -0.39 is 0 Å². The first-order valence-electron chi connectivity index (χ1n) is 7.40. The van der Waals surface area contributed by atoms with Crippen LogP contribution in [-0.2, 0) is 4.74 Å². The first-order valence-corrected chi connectivity index (χ1v) is 7.40. The maximum absolute atomic E-state index is 5.91. The van der Waals surface area contributed by atoms with Gasteiger partial charge in [-0.15, -0.1) is 0 Å². The number of rotatable bonds is 7. The molecule has 0 saturated carbocycles. The van der Waals surface area contributed by atoms with E-state index >= 15 is 0 Å². The lowest BCUT2D eigenvalue weighted by atomic mass is 10.1. The molecule has 1 fully saturated rings. The van der Waals surface area contributed by atoms with Gasteiger partial charge in [0.05, 0.1) is 6.10 Å². The summed E-state index contributed by atoms with van der Waals surface area (Å²) >= 11 is 0. The first kappa shape index (κ1) is 15.0. The molecule has 0 amide bonds. The van der Waals surface area contributed by atoms with E-state index in [0.717, 1.165) is 56.9 Å². The Morgan fingerprint density at radius 2 is 2.25 bits per heavy atom. The van der Waals surface area contributed by atoms with Gasteiger partial charge in [0.25, 0.3) is 0 Å². The minimum atomic E-state index is 0.455. The number of pyridine rings is 1. The molecule has 20 heavy (non-hydrogen) atoms. The Balaban J connectivity index is 1.56. The zero-order valence-corrected chi connectivity index (χ0v) is 12.3. The fraction of sp³-hybridized carbons (Fsp3) is 0.562. The highest BCUT2D eigenvalue weighted by Gasteiger charge is 2.16. The molecule has 1 aromatic heterocycles. The van der Waals surface area contributed by atoms with E-state index in [1.807, 2.05) is 18.3 Å². The predicted molar refractivity (Wildman–Crippen MR) is 83.9 cm³/mol. The topological polar surface area (TPSA) is 37.4 Å². The molecule has 1 aromatic rings. The number of hydrogen-bond donors (Lipinski definition) is 1. The van der Waals surface area contributed by atoms with Crippen LogP contribution in [0.1, 0.15) is 24.8 Å². The Morgan fingerprint density at radius 3 is 2.90 bits per heavy atom. The van der Waals surface area contributed by atoms with Gasteiger partial charge in [-0.25, -0.2) is 4.98 Å². The molecule has 1 N–H and O–H groups in total. The Bertz CT molecular complexity index is 397. The molecule has 0 bridgehead atoms. The molecular formula is C16H25N3O. The summed E-state index contributed by atoms with van der Waals surface area (Å²) in [6.45, 7) is 7.75. The molecule has 0 atom stereocenters. The molecule has 0 unspecified atom stereocenters. The van der Waals surface area contributed by atoms with Crippen molar-refractivity contribution in [2.45, 2.75) is 25.4 Å². The van der Waals surface area contributed by atoms with Gasteiger partial charge in [0, 0.05) is 32.4 Å². The molecule has 1 aliphatic rings. The third kappa shape index (κ3) is 4.94. The van der Waals surface area contributed by atoms with E-state index in [-0.39, 0.29) is 0 Å². The summed E-state index contributed by atoms with van der Waals surface area (Å²) in [5, 5.41) is 3.31. The number of aromatic nitrogens is 1. The summed E-state index contributed by atoms with van der Waals surface area (Å²) in [4.78, 5) is 6.68. The summed E-state index contributed by atoms with van der Waals surface area (Å²) in [6.07, 6.45) is 7.41. The Kier molecular flexibility index (Phi) is 6.02. The summed E-state index contributed by atoms with van der Waals surface area (Å²) < 4.78 is 5.91. The molecule has 2 rings (SSSR count). The normalized spacial score (nSPS) is 17.1. The zero-order chi connectivity index (χ0) is 14.2. The van der Waals surface area contributed by atoms with Gasteiger partial charge in [-0.1, -0.05) is 12.7 Å². The van der Waals surface area contributed by atoms with E-state index in [0.29, 0.717) is 6.10 Å². The van der Waals surface area contributed by atoms with Crippen LogP contribution in [0.5, 0.6) is 0 Å². The number of nitrogens with one attached hydrogen (secondary N) is 1. The second kappa shape index (κ2) is 8.02. The fourth-order valence-corrected chi connectivity index (χ4v) is 2.32. The van der Waals surface area contributed by atoms with Gasteiger partial charge in [-0.05, 0) is 44.0 Å². The van der Waals surface area contributed by atoms with Crippen molar-refractivity contribution in [1.82, 2.24) is 9.88 Å². The molecule has 0 radical (unpaired) electrons. The number of nitrogens with zero attached hydrogens (tertiary/aromatic N) is 2. The highest BCUT2D eigenvalue weighted by molar-refractivity contribution is 5.48. The zero-order valence-electron chi connectivity index (χ0n) is 12.3. The number of piperidine rings is 1. The number of ether oxygens (including phenoxy) is 1. The SMILES string of the molecule is C=Cc1ccc(NCCCOC2CCN(C)CC2)nc1. The van der Waals surface area contributed by atoms with Gasteiger partial charge in [-0.3, -0.25) is 0 Å². The van der Waals surface area contributed by atoms with E-state index in [2.05, 4.69) is 28.8 Å². The third-order valence-electron chi connectivity index (χ3n) is 3.67. The van der Waals surface area contributed by atoms with Crippen LogP contribution >= 0.6 is 0 Å². The van der Waals surface area contributed by atoms with Crippen molar-refractivity contribution in [3.8, 4) is 0 Å². The van der Waals surface area contributed by atoms with Crippen molar-refractivity contribution < 1.29 is 4.74 Å². The van der Waals surface area contributed by atoms with Gasteiger partial charge in [0.1, 0.15) is 5.82 Å². The molecule has 110 valence electrons. The summed E-state index contributed by atoms with van der Waals surface area (Å²) in [5.41, 5.74) is 1.04. The standard InChI is InChI=1S/C16H25N3O/c1-3-14-5-6-16(18-13-14)17-9-4-12-20-15-7-10-19(2)11-8-15/h3,5-6,13,15H,1,4,7-12H2,2H3,(H,17,18). The lowest BCUT2D eigenvalue weighted by Gasteiger charge is -2.28. The monoisotopic (exact) mass is 275 g/mol. The van der Waals surface area contributed by atoms with Gasteiger partial charge in [0.15, 0.2) is 0 Å². The maximum atomic E-state index is 5.91. The largest absolute Gasteiger partial charge is 0.378 e. The van der Waals surface area contributed by atoms with Crippen LogP contribution in [0.15, 0.2) is 24.9 Å². The Labute approximate surface area is 121 Å². The van der Waals surface area contributed by atoms with E-state index in [4.69, 9.17) is 4.74 Å². The van der Waals surface area contributed by atoms with Crippen molar-refractivity contribution in [2.75, 3.05) is 38.6 Å². The third-order valence-corrected chi connectivity index (χ3v) is 3.67. The predicted octanol–water partition coefficient (Wildman–Crippen LogP) is 2.64. The second-order valence-corrected chi connectivity index (χ2v) is 5.33. The second-order valence-electron chi connectivity index (χ2n) is 5.33. The van der Waals surface area contributed by atoms with E-state index in [1.165, 1.54) is 0 Å². The van der Waals surface area contributed by atoms with Crippen molar-refractivity contribution in [2.24, 2.45) is 0 Å². The van der Waals surface area contributed by atoms with Crippen LogP contribution in [0.2, 0.25) is 0 Å². The van der Waals surface area contributed by atoms with Crippen LogP contribution in [0.4, 0.5) is 5.82 Å². The summed E-state index contributed by atoms with van der Waals surface area (Å²) in [6, 6.07) is 3.99. The molecule has 1 aliphatic heterocycles. The molecule has 0 spiro atoms. The Morgan fingerprint density at radius 1 is 1.45 bits per heavy atom. The van der Waals surface area contributed by atoms with Gasteiger partial charge in [-0.2, -0.15) is 0 Å². The maximum Gasteiger partial charge on any atom is 0.125 e. The van der Waals surface area contributed by atoms with E-state index in [1.54, 1.807) is 6.08 Å². The smallest absolute Gasteiger partial charge is 0.125 e. The number of hydrogen-bond acceptors (Lipinski definition) is 4. The van der Waals surface area contributed by atoms with E-state index in [9.17, 15) is 0 Å². The van der Waals surface area contributed by atoms with Crippen LogP contribution in [0.3, 0.4) is 0 Å². The van der Waals surface area contributed by atoms with Crippen LogP contribution < -0.4 is 5.32 Å². The van der Waals surface area contributed by atoms with Crippen molar-refractivity contribution in [3.63, 3.8) is 0 Å². The first-order chi connectivity index (χ1) is 9.78. The van der Waals surface area contributed by atoms with Crippen LogP contribution in [0.25, 0.3) is 6.08 Å². The minimum absolute atomic E-state index is 0.455. The molecule has 0 aromatic carbocycles. The molecule has 2 heterocycles. The molecule has 4 nitrogen and oxygen atoms in total. The average molecular weight is 275 g/mol. The van der Waals surface area contributed by atoms with Crippen LogP contribution in [0, 0.1) is 0 Å². The molecule has 1 saturated heterocycles. The Hall–Kier alpha value is -1.39. The lowest BCUT2D eigenvalue weighted by Crippen LogP contribution is -2.34. The molecule has 0 aliphatic carbocycles. The summed E-state index contributed by atoms with van der Waals surface area (Å²) in [5.74, 6) is 0.912. The van der Waals surface area contributed by atoms with Crippen molar-refractivity contribution in [1.29, 1.82) is 0 Å². The number of likely N-dealkylation sites (tertiary alicyclic amines) is 1.